The first kappa shape index (κ1) is 24.1. The van der Waals surface area contributed by atoms with E-state index < -0.39 is 15.9 Å². The quantitative estimate of drug-likeness (QED) is 0.589. The normalized spacial score (nSPS) is 34.2. The molecular formula is C29H36N2O4S. The highest BCUT2D eigenvalue weighted by Crippen LogP contribution is 2.70. The van der Waals surface area contributed by atoms with Crippen molar-refractivity contribution in [3.05, 3.63) is 71.8 Å². The predicted molar refractivity (Wildman–Crippen MR) is 138 cm³/mol. The molecule has 36 heavy (non-hydrogen) atoms. The van der Waals surface area contributed by atoms with Gasteiger partial charge in [0.15, 0.2) is 0 Å². The first-order chi connectivity index (χ1) is 17.2. The third-order valence-corrected chi connectivity index (χ3v) is 11.8. The molecule has 5 atom stereocenters. The molecule has 1 spiro atoms. The lowest BCUT2D eigenvalue weighted by Crippen LogP contribution is -2.48. The number of nitrogens with zero attached hydrogens (tertiary/aromatic N) is 2. The number of amides is 1. The van der Waals surface area contributed by atoms with Gasteiger partial charge in [0.05, 0.1) is 30.4 Å². The average molecular weight is 509 g/mol. The molecule has 2 bridgehead atoms. The first-order valence-electron chi connectivity index (χ1n) is 13.2. The van der Waals surface area contributed by atoms with Gasteiger partial charge < -0.3 is 4.74 Å². The van der Waals surface area contributed by atoms with Crippen molar-refractivity contribution >= 4 is 15.9 Å². The van der Waals surface area contributed by atoms with Crippen LogP contribution in [0.1, 0.15) is 44.2 Å². The summed E-state index contributed by atoms with van der Waals surface area (Å²) in [5.74, 6) is -0.161. The van der Waals surface area contributed by atoms with Crippen molar-refractivity contribution < 1.29 is 17.9 Å². The van der Waals surface area contributed by atoms with Gasteiger partial charge in [0.1, 0.15) is 0 Å². The van der Waals surface area contributed by atoms with Crippen LogP contribution in [0, 0.1) is 22.7 Å². The number of likely N-dealkylation sites (tertiary alicyclic amines) is 1. The molecular weight excluding hydrogens is 472 g/mol. The molecule has 0 N–H and O–H groups in total. The molecule has 2 aromatic rings. The van der Waals surface area contributed by atoms with E-state index in [9.17, 15) is 13.2 Å². The monoisotopic (exact) mass is 508 g/mol. The number of fused-ring (bicyclic) bond motifs is 1. The van der Waals surface area contributed by atoms with Crippen LogP contribution < -0.4 is 0 Å². The predicted octanol–water partition coefficient (Wildman–Crippen LogP) is 4.07. The molecule has 2 heterocycles. The van der Waals surface area contributed by atoms with Crippen LogP contribution >= 0.6 is 0 Å². The molecule has 0 unspecified atom stereocenters. The number of hydrogen-bond acceptors (Lipinski definition) is 5. The molecule has 0 radical (unpaired) electrons. The third-order valence-electron chi connectivity index (χ3n) is 9.84. The molecule has 4 aliphatic rings. The van der Waals surface area contributed by atoms with E-state index in [2.05, 4.69) is 30.9 Å². The number of benzene rings is 2. The summed E-state index contributed by atoms with van der Waals surface area (Å²) in [4.78, 5) is 16.4. The summed E-state index contributed by atoms with van der Waals surface area (Å²) in [6.45, 7) is 6.67. The maximum absolute atomic E-state index is 14.1. The average Bonchev–Trinajstić information content (AvgIpc) is 3.50. The number of hydrogen-bond donors (Lipinski definition) is 0. The molecule has 192 valence electrons. The molecule has 2 aliphatic heterocycles. The number of carbonyl (C=O) groups is 1. The van der Waals surface area contributed by atoms with Gasteiger partial charge in [-0.2, -0.15) is 0 Å². The molecule has 0 aromatic heterocycles. The molecule has 2 saturated carbocycles. The van der Waals surface area contributed by atoms with Crippen LogP contribution in [-0.2, 0) is 32.7 Å². The number of sulfonamides is 1. The fourth-order valence-corrected chi connectivity index (χ4v) is 10.3. The molecule has 2 aromatic carbocycles. The van der Waals surface area contributed by atoms with Gasteiger partial charge in [0, 0.05) is 25.0 Å². The maximum Gasteiger partial charge on any atom is 0.243 e. The van der Waals surface area contributed by atoms with E-state index in [4.69, 9.17) is 4.74 Å². The summed E-state index contributed by atoms with van der Waals surface area (Å²) in [5, 5.41) is 0. The van der Waals surface area contributed by atoms with Gasteiger partial charge in [-0.25, -0.2) is 12.7 Å². The van der Waals surface area contributed by atoms with Crippen LogP contribution in [0.3, 0.4) is 0 Å². The lowest BCUT2D eigenvalue weighted by atomic mass is 9.69. The van der Waals surface area contributed by atoms with Crippen LogP contribution in [0.4, 0.5) is 0 Å². The lowest BCUT2D eigenvalue weighted by Gasteiger charge is -2.37. The Hall–Kier alpha value is -2.22. The highest BCUT2D eigenvalue weighted by atomic mass is 32.2. The van der Waals surface area contributed by atoms with Gasteiger partial charge in [-0.05, 0) is 41.7 Å². The molecule has 6 nitrogen and oxygen atoms in total. The van der Waals surface area contributed by atoms with Gasteiger partial charge in [-0.3, -0.25) is 9.69 Å². The zero-order valence-corrected chi connectivity index (χ0v) is 22.0. The Morgan fingerprint density at radius 3 is 2.33 bits per heavy atom. The van der Waals surface area contributed by atoms with Crippen molar-refractivity contribution in [1.82, 2.24) is 9.21 Å². The van der Waals surface area contributed by atoms with Crippen molar-refractivity contribution in [1.29, 1.82) is 0 Å². The zero-order chi connectivity index (χ0) is 25.1. The largest absolute Gasteiger partial charge is 0.371 e. The summed E-state index contributed by atoms with van der Waals surface area (Å²) in [6, 6.07) is 19.9. The van der Waals surface area contributed by atoms with Crippen LogP contribution in [0.15, 0.2) is 60.7 Å². The van der Waals surface area contributed by atoms with Crippen molar-refractivity contribution in [2.45, 2.75) is 58.4 Å². The second-order valence-electron chi connectivity index (χ2n) is 11.9. The first-order valence-corrected chi connectivity index (χ1v) is 14.8. The molecule has 4 fully saturated rings. The Labute approximate surface area is 214 Å². The van der Waals surface area contributed by atoms with Gasteiger partial charge >= 0.3 is 0 Å². The minimum atomic E-state index is -3.66. The lowest BCUT2D eigenvalue weighted by molar-refractivity contribution is -0.137. The number of rotatable bonds is 6. The molecule has 7 heteroatoms. The zero-order valence-electron chi connectivity index (χ0n) is 21.2. The smallest absolute Gasteiger partial charge is 0.243 e. The fraction of sp³-hybridized carbons (Fsp3) is 0.552. The van der Waals surface area contributed by atoms with Crippen LogP contribution in [0.2, 0.25) is 0 Å². The molecule has 1 amide bonds. The van der Waals surface area contributed by atoms with Gasteiger partial charge in [-0.1, -0.05) is 74.5 Å². The Kier molecular flexibility index (Phi) is 5.82. The topological polar surface area (TPSA) is 66.9 Å². The molecule has 2 aliphatic carbocycles. The summed E-state index contributed by atoms with van der Waals surface area (Å²) in [5.41, 5.74) is 1.86. The van der Waals surface area contributed by atoms with Crippen molar-refractivity contribution in [3.63, 3.8) is 0 Å². The van der Waals surface area contributed by atoms with Gasteiger partial charge in [-0.15, -0.1) is 0 Å². The fourth-order valence-electron chi connectivity index (χ4n) is 7.75. The van der Waals surface area contributed by atoms with E-state index in [0.29, 0.717) is 32.2 Å². The summed E-state index contributed by atoms with van der Waals surface area (Å²) < 4.78 is 34.8. The molecule has 6 rings (SSSR count). The van der Waals surface area contributed by atoms with E-state index in [0.717, 1.165) is 24.8 Å². The van der Waals surface area contributed by atoms with Crippen LogP contribution in [0.5, 0.6) is 0 Å². The standard InChI is InChI=1S/C29H36N2O4S/c1-28(2)23-13-14-29(28)20-36(33,34)31(26(29)15-23)27(32)24-17-30(16-21-9-5-3-6-10-21)18-25(24)35-19-22-11-7-4-8-12-22/h3-12,23-26H,13-20H2,1-2H3/t23-,24-,25-,26-,29-/m0/s1. The summed E-state index contributed by atoms with van der Waals surface area (Å²) >= 11 is 0. The SMILES string of the molecule is CC1(C)[C@H]2CC[C@@]13CS(=O)(=O)N(C(=O)[C@H]1CN(Cc4ccccc4)C[C@@H]1OCc1ccccc1)[C@H]3C2. The van der Waals surface area contributed by atoms with E-state index in [1.54, 1.807) is 0 Å². The van der Waals surface area contributed by atoms with E-state index >= 15 is 0 Å². The summed E-state index contributed by atoms with van der Waals surface area (Å²) in [7, 11) is -3.66. The summed E-state index contributed by atoms with van der Waals surface area (Å²) in [6.07, 6.45) is 2.42. The minimum Gasteiger partial charge on any atom is -0.371 e. The van der Waals surface area contributed by atoms with Crippen molar-refractivity contribution in [3.8, 4) is 0 Å². The minimum absolute atomic E-state index is 0.0575. The third kappa shape index (κ3) is 3.74. The second kappa shape index (κ2) is 8.67. The molecule has 2 saturated heterocycles. The highest BCUT2D eigenvalue weighted by molar-refractivity contribution is 7.90. The van der Waals surface area contributed by atoms with E-state index in [1.165, 1.54) is 9.87 Å². The van der Waals surface area contributed by atoms with Gasteiger partial charge in [0.25, 0.3) is 0 Å². The number of ether oxygens (including phenoxy) is 1. The van der Waals surface area contributed by atoms with Crippen molar-refractivity contribution in [2.75, 3.05) is 18.8 Å². The van der Waals surface area contributed by atoms with Gasteiger partial charge in [0.2, 0.25) is 15.9 Å². The maximum atomic E-state index is 14.1. The van der Waals surface area contributed by atoms with Crippen LogP contribution in [-0.4, -0.2) is 54.5 Å². The Morgan fingerprint density at radius 1 is 1.00 bits per heavy atom. The van der Waals surface area contributed by atoms with Crippen LogP contribution in [0.25, 0.3) is 0 Å². The Balaban J connectivity index is 1.27. The Bertz CT molecular complexity index is 1230. The highest BCUT2D eigenvalue weighted by Gasteiger charge is 2.72. The Morgan fingerprint density at radius 2 is 1.67 bits per heavy atom. The number of carbonyl (C=O) groups excluding carboxylic acids is 1. The van der Waals surface area contributed by atoms with Crippen molar-refractivity contribution in [2.24, 2.45) is 22.7 Å². The second-order valence-corrected chi connectivity index (χ2v) is 13.7. The van der Waals surface area contributed by atoms with E-state index in [1.807, 2.05) is 48.5 Å². The van der Waals surface area contributed by atoms with E-state index in [-0.39, 0.29) is 34.6 Å².